The number of sulfonamides is 1. The highest BCUT2D eigenvalue weighted by Gasteiger charge is 2.25. The Bertz CT molecular complexity index is 807. The summed E-state index contributed by atoms with van der Waals surface area (Å²) in [5.74, 6) is 0. The number of aryl methyl sites for hydroxylation is 1. The third-order valence-corrected chi connectivity index (χ3v) is 5.81. The van der Waals surface area contributed by atoms with Crippen LogP contribution < -0.4 is 9.62 Å². The van der Waals surface area contributed by atoms with Crippen molar-refractivity contribution in [3.05, 3.63) is 54.1 Å². The van der Waals surface area contributed by atoms with Gasteiger partial charge in [-0.05, 0) is 57.2 Å². The van der Waals surface area contributed by atoms with Crippen LogP contribution in [0.15, 0.2) is 53.4 Å². The smallest absolute Gasteiger partial charge is 0.261 e. The molecule has 3 rings (SSSR count). The molecule has 2 aromatic carbocycles. The molecule has 134 valence electrons. The molecule has 0 aromatic heterocycles. The molecule has 1 N–H and O–H groups in total. The van der Waals surface area contributed by atoms with Crippen molar-refractivity contribution < 1.29 is 13.2 Å². The van der Waals surface area contributed by atoms with Gasteiger partial charge in [0.2, 0.25) is 0 Å². The topological polar surface area (TPSA) is 58.6 Å². The Balaban J connectivity index is 1.77. The fourth-order valence-corrected chi connectivity index (χ4v) is 4.20. The Labute approximate surface area is 149 Å². The average Bonchev–Trinajstić information content (AvgIpc) is 2.56. The van der Waals surface area contributed by atoms with Crippen molar-refractivity contribution in [2.24, 2.45) is 0 Å². The molecule has 1 aliphatic rings. The Hall–Kier alpha value is -2.05. The van der Waals surface area contributed by atoms with Gasteiger partial charge < -0.3 is 9.64 Å². The van der Waals surface area contributed by atoms with Gasteiger partial charge in [0.1, 0.15) is 0 Å². The van der Waals surface area contributed by atoms with Crippen molar-refractivity contribution in [3.8, 4) is 0 Å². The van der Waals surface area contributed by atoms with Crippen molar-refractivity contribution in [1.29, 1.82) is 0 Å². The van der Waals surface area contributed by atoms with Gasteiger partial charge in [0.25, 0.3) is 10.0 Å². The van der Waals surface area contributed by atoms with Gasteiger partial charge in [0.15, 0.2) is 0 Å². The number of nitrogens with zero attached hydrogens (tertiary/aromatic N) is 1. The zero-order valence-electron chi connectivity index (χ0n) is 14.8. The number of hydrogen-bond donors (Lipinski definition) is 1. The molecule has 1 heterocycles. The van der Waals surface area contributed by atoms with Crippen molar-refractivity contribution >= 4 is 21.4 Å². The predicted molar refractivity (Wildman–Crippen MR) is 101 cm³/mol. The lowest BCUT2D eigenvalue weighted by molar-refractivity contribution is 0.0757. The molecule has 0 spiro atoms. The molecule has 5 nitrogen and oxygen atoms in total. The number of anilines is 2. The highest BCUT2D eigenvalue weighted by Crippen LogP contribution is 2.26. The first-order valence-electron chi connectivity index (χ1n) is 8.42. The monoisotopic (exact) mass is 360 g/mol. The summed E-state index contributed by atoms with van der Waals surface area (Å²) in [5, 5.41) is 0. The first kappa shape index (κ1) is 17.8. The van der Waals surface area contributed by atoms with Crippen molar-refractivity contribution in [3.63, 3.8) is 0 Å². The molecule has 6 heteroatoms. The molecule has 1 saturated heterocycles. The van der Waals surface area contributed by atoms with Crippen LogP contribution in [-0.2, 0) is 14.8 Å². The number of morpholine rings is 1. The Kier molecular flexibility index (Phi) is 5.01. The fourth-order valence-electron chi connectivity index (χ4n) is 3.15. The second-order valence-electron chi connectivity index (χ2n) is 6.61. The third-order valence-electron chi connectivity index (χ3n) is 4.42. The normalized spacial score (nSPS) is 21.2. The molecule has 2 aromatic rings. The zero-order chi connectivity index (χ0) is 18.0. The van der Waals surface area contributed by atoms with Crippen molar-refractivity contribution in [2.45, 2.75) is 37.8 Å². The Morgan fingerprint density at radius 2 is 1.52 bits per heavy atom. The van der Waals surface area contributed by atoms with Crippen LogP contribution >= 0.6 is 0 Å². The van der Waals surface area contributed by atoms with E-state index in [-0.39, 0.29) is 4.90 Å². The lowest BCUT2D eigenvalue weighted by Crippen LogP contribution is -2.49. The summed E-state index contributed by atoms with van der Waals surface area (Å²) in [6.45, 7) is 7.59. The number of hydrogen-bond acceptors (Lipinski definition) is 4. The van der Waals surface area contributed by atoms with E-state index in [4.69, 9.17) is 4.74 Å². The summed E-state index contributed by atoms with van der Waals surface area (Å²) in [4.78, 5) is 2.57. The summed E-state index contributed by atoms with van der Waals surface area (Å²) >= 11 is 0. The van der Waals surface area contributed by atoms with Crippen molar-refractivity contribution in [1.82, 2.24) is 0 Å². The molecule has 25 heavy (non-hydrogen) atoms. The van der Waals surface area contributed by atoms with Crippen LogP contribution in [0.25, 0.3) is 0 Å². The molecular weight excluding hydrogens is 336 g/mol. The van der Waals surface area contributed by atoms with E-state index in [0.717, 1.165) is 11.3 Å². The molecule has 2 unspecified atom stereocenters. The van der Waals surface area contributed by atoms with Crippen LogP contribution in [0, 0.1) is 6.92 Å². The third kappa shape index (κ3) is 3.96. The van der Waals surface area contributed by atoms with E-state index in [1.807, 2.05) is 19.1 Å². The second kappa shape index (κ2) is 7.06. The predicted octanol–water partition coefficient (Wildman–Crippen LogP) is 3.41. The standard InChI is InChI=1S/C19H24N2O3S/c1-14-4-10-19(11-5-14)25(22,23)20-17-6-8-18(9-7-17)21-15(2)12-24-13-16(21)3/h4-11,15-16,20H,12-13H2,1-3H3. The molecule has 1 aliphatic heterocycles. The van der Waals surface area contributed by atoms with Gasteiger partial charge in [0, 0.05) is 23.5 Å². The highest BCUT2D eigenvalue weighted by atomic mass is 32.2. The largest absolute Gasteiger partial charge is 0.377 e. The lowest BCUT2D eigenvalue weighted by Gasteiger charge is -2.40. The molecular formula is C19H24N2O3S. The molecule has 0 saturated carbocycles. The second-order valence-corrected chi connectivity index (χ2v) is 8.29. The minimum absolute atomic E-state index is 0.262. The maximum atomic E-state index is 12.5. The van der Waals surface area contributed by atoms with E-state index in [9.17, 15) is 8.42 Å². The zero-order valence-corrected chi connectivity index (χ0v) is 15.6. The van der Waals surface area contributed by atoms with Gasteiger partial charge in [0.05, 0.1) is 18.1 Å². The van der Waals surface area contributed by atoms with E-state index < -0.39 is 10.0 Å². The molecule has 0 radical (unpaired) electrons. The molecule has 0 aliphatic carbocycles. The SMILES string of the molecule is Cc1ccc(S(=O)(=O)Nc2ccc(N3C(C)COCC3C)cc2)cc1. The van der Waals surface area contributed by atoms with Gasteiger partial charge in [-0.1, -0.05) is 17.7 Å². The summed E-state index contributed by atoms with van der Waals surface area (Å²) in [6.07, 6.45) is 0. The van der Waals surface area contributed by atoms with Gasteiger partial charge in [-0.15, -0.1) is 0 Å². The quantitative estimate of drug-likeness (QED) is 0.908. The molecule has 1 fully saturated rings. The number of ether oxygens (including phenoxy) is 1. The van der Waals surface area contributed by atoms with Crippen LogP contribution in [0.1, 0.15) is 19.4 Å². The van der Waals surface area contributed by atoms with E-state index in [1.165, 1.54) is 0 Å². The first-order chi connectivity index (χ1) is 11.9. The lowest BCUT2D eigenvalue weighted by atomic mass is 10.1. The Morgan fingerprint density at radius 1 is 0.960 bits per heavy atom. The average molecular weight is 360 g/mol. The van der Waals surface area contributed by atoms with E-state index >= 15 is 0 Å². The van der Waals surface area contributed by atoms with Crippen LogP contribution in [0.4, 0.5) is 11.4 Å². The molecule has 2 atom stereocenters. The summed E-state index contributed by atoms with van der Waals surface area (Å²) in [6, 6.07) is 14.9. The number of benzene rings is 2. The fraction of sp³-hybridized carbons (Fsp3) is 0.368. The minimum Gasteiger partial charge on any atom is -0.377 e. The van der Waals surface area contributed by atoms with Crippen molar-refractivity contribution in [2.75, 3.05) is 22.8 Å². The van der Waals surface area contributed by atoms with Crippen LogP contribution in [-0.4, -0.2) is 33.7 Å². The maximum absolute atomic E-state index is 12.5. The van der Waals surface area contributed by atoms with E-state index in [2.05, 4.69) is 23.5 Å². The van der Waals surface area contributed by atoms with Crippen LogP contribution in [0.2, 0.25) is 0 Å². The maximum Gasteiger partial charge on any atom is 0.261 e. The van der Waals surface area contributed by atoms with Crippen LogP contribution in [0.3, 0.4) is 0 Å². The van der Waals surface area contributed by atoms with Gasteiger partial charge in [-0.3, -0.25) is 4.72 Å². The number of rotatable bonds is 4. The minimum atomic E-state index is -3.57. The first-order valence-corrected chi connectivity index (χ1v) is 9.91. The van der Waals surface area contributed by atoms with Gasteiger partial charge in [-0.25, -0.2) is 8.42 Å². The van der Waals surface area contributed by atoms with E-state index in [1.54, 1.807) is 36.4 Å². The molecule has 0 bridgehead atoms. The van der Waals surface area contributed by atoms with E-state index in [0.29, 0.717) is 31.0 Å². The summed E-state index contributed by atoms with van der Waals surface area (Å²) in [7, 11) is -3.57. The molecule has 0 amide bonds. The van der Waals surface area contributed by atoms with Gasteiger partial charge in [-0.2, -0.15) is 0 Å². The summed E-state index contributed by atoms with van der Waals surface area (Å²) in [5.41, 5.74) is 2.65. The highest BCUT2D eigenvalue weighted by molar-refractivity contribution is 7.92. The number of nitrogens with one attached hydrogen (secondary N) is 1. The Morgan fingerprint density at radius 3 is 2.08 bits per heavy atom. The van der Waals surface area contributed by atoms with Crippen LogP contribution in [0.5, 0.6) is 0 Å². The van der Waals surface area contributed by atoms with Gasteiger partial charge >= 0.3 is 0 Å². The summed E-state index contributed by atoms with van der Waals surface area (Å²) < 4.78 is 33.1.